The highest BCUT2D eigenvalue weighted by atomic mass is 35.5. The first kappa shape index (κ1) is 28.7. The number of piperidine rings is 1. The molecular weight excluding hydrogens is 451 g/mol. The van der Waals surface area contributed by atoms with Gasteiger partial charge in [-0.1, -0.05) is 26.0 Å². The number of nitrogens with one attached hydrogen (secondary N) is 1. The van der Waals surface area contributed by atoms with Crippen molar-refractivity contribution in [1.82, 2.24) is 19.8 Å². The van der Waals surface area contributed by atoms with Gasteiger partial charge < -0.3 is 24.6 Å². The molecule has 2 aromatic rings. The Labute approximate surface area is 203 Å². The molecule has 9 heteroatoms. The summed E-state index contributed by atoms with van der Waals surface area (Å²) in [5.41, 5.74) is 1.85. The molecule has 1 aliphatic rings. The molecule has 2 atom stereocenters. The number of carbonyl (C=O) groups is 1. The first-order chi connectivity index (χ1) is 14.5. The smallest absolute Gasteiger partial charge is 0.290 e. The Morgan fingerprint density at radius 1 is 1.28 bits per heavy atom. The summed E-state index contributed by atoms with van der Waals surface area (Å²) in [6.45, 7) is 8.09. The highest BCUT2D eigenvalue weighted by Gasteiger charge is 2.32. The molecule has 7 nitrogen and oxygen atoms in total. The summed E-state index contributed by atoms with van der Waals surface area (Å²) >= 11 is 0. The summed E-state index contributed by atoms with van der Waals surface area (Å²) in [7, 11) is 1.71. The number of halogens is 2. The molecule has 0 radical (unpaired) electrons. The molecule has 0 aliphatic carbocycles. The van der Waals surface area contributed by atoms with E-state index in [1.54, 1.807) is 7.11 Å². The Morgan fingerprint density at radius 3 is 2.72 bits per heavy atom. The molecule has 1 aliphatic heterocycles. The predicted molar refractivity (Wildman–Crippen MR) is 133 cm³/mol. The van der Waals surface area contributed by atoms with Gasteiger partial charge in [0.15, 0.2) is 5.82 Å². The van der Waals surface area contributed by atoms with Crippen LogP contribution in [0.3, 0.4) is 0 Å². The Balaban J connectivity index is 0.00000256. The van der Waals surface area contributed by atoms with Crippen LogP contribution in [0.15, 0.2) is 24.3 Å². The second kappa shape index (κ2) is 14.0. The van der Waals surface area contributed by atoms with E-state index in [9.17, 15) is 9.90 Å². The van der Waals surface area contributed by atoms with E-state index in [-0.39, 0.29) is 49.3 Å². The number of ether oxygens (including phenoxy) is 1. The van der Waals surface area contributed by atoms with Gasteiger partial charge in [0.1, 0.15) is 0 Å². The molecule has 0 bridgehead atoms. The van der Waals surface area contributed by atoms with Crippen molar-refractivity contribution < 1.29 is 14.6 Å². The average molecular weight is 489 g/mol. The lowest BCUT2D eigenvalue weighted by molar-refractivity contribution is 0.0537. The van der Waals surface area contributed by atoms with Crippen molar-refractivity contribution in [2.45, 2.75) is 45.7 Å². The van der Waals surface area contributed by atoms with Crippen molar-refractivity contribution >= 4 is 41.8 Å². The number of rotatable bonds is 10. The molecule has 3 rings (SSSR count). The minimum Gasteiger partial charge on any atom is -0.396 e. The molecule has 0 saturated carbocycles. The minimum absolute atomic E-state index is 0. The maximum atomic E-state index is 13.8. The second-order valence-corrected chi connectivity index (χ2v) is 8.72. The van der Waals surface area contributed by atoms with E-state index >= 15 is 0 Å². The number of aliphatic hydroxyl groups is 1. The van der Waals surface area contributed by atoms with Gasteiger partial charge in [-0.25, -0.2) is 4.98 Å². The van der Waals surface area contributed by atoms with Crippen LogP contribution in [0.2, 0.25) is 0 Å². The number of para-hydroxylation sites is 2. The molecule has 1 saturated heterocycles. The second-order valence-electron chi connectivity index (χ2n) is 8.72. The number of nitrogens with zero attached hydrogens (tertiary/aromatic N) is 3. The van der Waals surface area contributed by atoms with Crippen molar-refractivity contribution in [2.75, 3.05) is 40.0 Å². The Hall–Kier alpha value is -1.38. The lowest BCUT2D eigenvalue weighted by Gasteiger charge is -2.38. The predicted octanol–water partition coefficient (Wildman–Crippen LogP) is 3.38. The molecule has 32 heavy (non-hydrogen) atoms. The SMILES string of the molecule is COCCCCn1c(C(=O)N(CC(C)C)[C@@H]2CNC[C@H](CO)C2)nc2ccccc21.Cl.Cl. The lowest BCUT2D eigenvalue weighted by Crippen LogP contribution is -2.53. The first-order valence-electron chi connectivity index (χ1n) is 11.1. The number of benzene rings is 1. The van der Waals surface area contributed by atoms with Crippen LogP contribution in [-0.4, -0.2) is 71.5 Å². The molecule has 1 amide bonds. The summed E-state index contributed by atoms with van der Waals surface area (Å²) < 4.78 is 7.25. The fourth-order valence-corrected chi connectivity index (χ4v) is 4.28. The van der Waals surface area contributed by atoms with E-state index in [0.29, 0.717) is 24.9 Å². The van der Waals surface area contributed by atoms with Gasteiger partial charge in [0.05, 0.1) is 11.0 Å². The molecule has 1 fully saturated rings. The van der Waals surface area contributed by atoms with Crippen molar-refractivity contribution in [1.29, 1.82) is 0 Å². The minimum atomic E-state index is -0.0166. The number of aliphatic hydroxyl groups excluding tert-OH is 1. The standard InChI is InChI=1S/C23H36N4O3.2ClH/c1-17(2)15-27(19-12-18(16-28)13-24-14-19)23(29)22-25-20-8-4-5-9-21(20)26(22)10-6-7-11-30-3;;/h4-5,8-9,17-19,24,28H,6-7,10-16H2,1-3H3;2*1H/t18-,19+;;/m1../s1. The number of methoxy groups -OCH3 is 1. The number of amides is 1. The van der Waals surface area contributed by atoms with E-state index in [4.69, 9.17) is 9.72 Å². The van der Waals surface area contributed by atoms with Crippen molar-refractivity contribution in [3.8, 4) is 0 Å². The van der Waals surface area contributed by atoms with Crippen LogP contribution in [0.25, 0.3) is 11.0 Å². The topological polar surface area (TPSA) is 79.6 Å². The van der Waals surface area contributed by atoms with Crippen molar-refractivity contribution in [3.05, 3.63) is 30.1 Å². The molecule has 0 spiro atoms. The summed E-state index contributed by atoms with van der Waals surface area (Å²) in [6.07, 6.45) is 2.68. The number of fused-ring (bicyclic) bond motifs is 1. The van der Waals surface area contributed by atoms with Crippen molar-refractivity contribution in [2.24, 2.45) is 11.8 Å². The van der Waals surface area contributed by atoms with Crippen LogP contribution in [0, 0.1) is 11.8 Å². The molecule has 0 unspecified atom stereocenters. The summed E-state index contributed by atoms with van der Waals surface area (Å²) in [5, 5.41) is 13.0. The molecule has 182 valence electrons. The third-order valence-electron chi connectivity index (χ3n) is 5.77. The van der Waals surface area contributed by atoms with Crippen LogP contribution < -0.4 is 5.32 Å². The number of imidazole rings is 1. The zero-order valence-corrected chi connectivity index (χ0v) is 21.0. The van der Waals surface area contributed by atoms with Crippen LogP contribution in [0.4, 0.5) is 0 Å². The average Bonchev–Trinajstić information content (AvgIpc) is 3.13. The van der Waals surface area contributed by atoms with E-state index < -0.39 is 0 Å². The van der Waals surface area contributed by atoms with Gasteiger partial charge in [-0.2, -0.15) is 0 Å². The summed E-state index contributed by atoms with van der Waals surface area (Å²) in [4.78, 5) is 20.5. The summed E-state index contributed by atoms with van der Waals surface area (Å²) in [5.74, 6) is 1.03. The monoisotopic (exact) mass is 488 g/mol. The number of carbonyl (C=O) groups excluding carboxylic acids is 1. The highest BCUT2D eigenvalue weighted by molar-refractivity contribution is 5.95. The van der Waals surface area contributed by atoms with Crippen molar-refractivity contribution in [3.63, 3.8) is 0 Å². The maximum absolute atomic E-state index is 13.8. The zero-order chi connectivity index (χ0) is 21.5. The first-order valence-corrected chi connectivity index (χ1v) is 11.1. The molecule has 1 aromatic carbocycles. The third kappa shape index (κ3) is 7.06. The van der Waals surface area contributed by atoms with Gasteiger partial charge in [0.25, 0.3) is 5.91 Å². The molecular formula is C23H38Cl2N4O3. The highest BCUT2D eigenvalue weighted by Crippen LogP contribution is 2.23. The maximum Gasteiger partial charge on any atom is 0.290 e. The van der Waals surface area contributed by atoms with E-state index in [0.717, 1.165) is 49.9 Å². The fraction of sp³-hybridized carbons (Fsp3) is 0.652. The normalized spacial score (nSPS) is 18.3. The van der Waals surface area contributed by atoms with Crippen LogP contribution >= 0.6 is 24.8 Å². The van der Waals surface area contributed by atoms with Gasteiger partial charge in [0, 0.05) is 52.5 Å². The Bertz CT molecular complexity index is 831. The molecule has 1 aromatic heterocycles. The third-order valence-corrected chi connectivity index (χ3v) is 5.77. The van der Waals surface area contributed by atoms with Crippen LogP contribution in [0.1, 0.15) is 43.7 Å². The van der Waals surface area contributed by atoms with Gasteiger partial charge in [-0.05, 0) is 43.2 Å². The molecule has 2 N–H and O–H groups in total. The fourth-order valence-electron chi connectivity index (χ4n) is 4.28. The largest absolute Gasteiger partial charge is 0.396 e. The lowest BCUT2D eigenvalue weighted by atomic mass is 9.94. The molecule has 2 heterocycles. The van der Waals surface area contributed by atoms with Crippen LogP contribution in [-0.2, 0) is 11.3 Å². The number of aromatic nitrogens is 2. The number of hydrogen-bond acceptors (Lipinski definition) is 5. The quantitative estimate of drug-likeness (QED) is 0.501. The summed E-state index contributed by atoms with van der Waals surface area (Å²) in [6, 6.07) is 8.02. The van der Waals surface area contributed by atoms with Crippen LogP contribution in [0.5, 0.6) is 0 Å². The zero-order valence-electron chi connectivity index (χ0n) is 19.3. The van der Waals surface area contributed by atoms with E-state index in [1.807, 2.05) is 29.2 Å². The van der Waals surface area contributed by atoms with Gasteiger partial charge in [0.2, 0.25) is 0 Å². The van der Waals surface area contributed by atoms with Gasteiger partial charge in [-0.15, -0.1) is 24.8 Å². The Kier molecular flexibility index (Phi) is 12.5. The number of aryl methyl sites for hydroxylation is 1. The van der Waals surface area contributed by atoms with Gasteiger partial charge >= 0.3 is 0 Å². The Morgan fingerprint density at radius 2 is 2.03 bits per heavy atom. The van der Waals surface area contributed by atoms with Gasteiger partial charge in [-0.3, -0.25) is 4.79 Å². The number of unbranched alkanes of at least 4 members (excludes halogenated alkanes) is 1. The number of hydrogen-bond donors (Lipinski definition) is 2. The van der Waals surface area contributed by atoms with E-state index in [1.165, 1.54) is 0 Å². The van der Waals surface area contributed by atoms with E-state index in [2.05, 4.69) is 23.7 Å².